The summed E-state index contributed by atoms with van der Waals surface area (Å²) in [5, 5.41) is 9.81. The molecule has 3 rings (SSSR count). The molecule has 1 heterocycles. The Morgan fingerprint density at radius 2 is 2.00 bits per heavy atom. The Bertz CT molecular complexity index is 948. The van der Waals surface area contributed by atoms with Crippen molar-refractivity contribution in [2.24, 2.45) is 10.8 Å². The second kappa shape index (κ2) is 7.68. The van der Waals surface area contributed by atoms with Gasteiger partial charge in [0.05, 0.1) is 6.26 Å². The lowest BCUT2D eigenvalue weighted by Crippen LogP contribution is -2.54. The molecular weight excluding hydrogens is 378 g/mol. The molecule has 0 bridgehead atoms. The van der Waals surface area contributed by atoms with Gasteiger partial charge < -0.3 is 14.7 Å². The van der Waals surface area contributed by atoms with Crippen molar-refractivity contribution in [3.8, 4) is 12.3 Å². The predicted molar refractivity (Wildman–Crippen MR) is 116 cm³/mol. The fourth-order valence-electron chi connectivity index (χ4n) is 4.60. The SMILES string of the molecule is C#C[C@]1(Cc2ccccc2)C(=O)/C(=C\O)C[C@@]2(C)CN(C(=O)OC(C)(C)C)CC=C21. The van der Waals surface area contributed by atoms with Gasteiger partial charge in [0, 0.05) is 30.5 Å². The van der Waals surface area contributed by atoms with Crippen molar-refractivity contribution in [2.45, 2.75) is 46.1 Å². The van der Waals surface area contributed by atoms with Crippen molar-refractivity contribution in [3.63, 3.8) is 0 Å². The largest absolute Gasteiger partial charge is 0.515 e. The van der Waals surface area contributed by atoms with E-state index in [1.807, 2.05) is 64.1 Å². The maximum atomic E-state index is 13.4. The molecule has 1 aromatic carbocycles. The summed E-state index contributed by atoms with van der Waals surface area (Å²) < 4.78 is 5.54. The van der Waals surface area contributed by atoms with Gasteiger partial charge in [0.25, 0.3) is 0 Å². The predicted octanol–water partition coefficient (Wildman–Crippen LogP) is 4.45. The van der Waals surface area contributed by atoms with Crippen molar-refractivity contribution in [1.29, 1.82) is 0 Å². The zero-order valence-electron chi connectivity index (χ0n) is 18.1. The number of carbonyl (C=O) groups excluding carboxylic acids is 2. The van der Waals surface area contributed by atoms with Crippen molar-refractivity contribution >= 4 is 11.9 Å². The summed E-state index contributed by atoms with van der Waals surface area (Å²) in [4.78, 5) is 27.7. The molecule has 30 heavy (non-hydrogen) atoms. The van der Waals surface area contributed by atoms with Gasteiger partial charge in [0.15, 0.2) is 5.78 Å². The Hall–Kier alpha value is -3.00. The normalized spacial score (nSPS) is 27.8. The van der Waals surface area contributed by atoms with Crippen LogP contribution in [0.4, 0.5) is 4.79 Å². The van der Waals surface area contributed by atoms with Crippen LogP contribution in [-0.2, 0) is 16.0 Å². The average Bonchev–Trinajstić information content (AvgIpc) is 2.69. The minimum atomic E-state index is -1.19. The molecule has 1 N–H and O–H groups in total. The van der Waals surface area contributed by atoms with Gasteiger partial charge in [-0.15, -0.1) is 6.42 Å². The van der Waals surface area contributed by atoms with Crippen molar-refractivity contribution < 1.29 is 19.4 Å². The van der Waals surface area contributed by atoms with E-state index in [1.54, 1.807) is 4.90 Å². The highest BCUT2D eigenvalue weighted by Gasteiger charge is 2.55. The molecule has 5 nitrogen and oxygen atoms in total. The van der Waals surface area contributed by atoms with Crippen LogP contribution in [0, 0.1) is 23.2 Å². The van der Waals surface area contributed by atoms with E-state index in [9.17, 15) is 14.7 Å². The van der Waals surface area contributed by atoms with E-state index in [-0.39, 0.29) is 11.4 Å². The number of carbonyl (C=O) groups is 2. The molecule has 0 unspecified atom stereocenters. The molecule has 0 spiro atoms. The summed E-state index contributed by atoms with van der Waals surface area (Å²) >= 11 is 0. The van der Waals surface area contributed by atoms with Crippen LogP contribution in [0.1, 0.15) is 39.7 Å². The third kappa shape index (κ3) is 3.87. The molecule has 1 aliphatic carbocycles. The first-order valence-corrected chi connectivity index (χ1v) is 10.1. The van der Waals surface area contributed by atoms with Crippen LogP contribution in [0.25, 0.3) is 0 Å². The first kappa shape index (κ1) is 21.7. The fourth-order valence-corrected chi connectivity index (χ4v) is 4.60. The maximum absolute atomic E-state index is 13.4. The van der Waals surface area contributed by atoms with E-state index in [2.05, 4.69) is 5.92 Å². The number of rotatable bonds is 2. The Labute approximate surface area is 178 Å². The Morgan fingerprint density at radius 1 is 1.33 bits per heavy atom. The number of nitrogens with zero attached hydrogens (tertiary/aromatic N) is 1. The summed E-state index contributed by atoms with van der Waals surface area (Å²) in [6.07, 6.45) is 9.04. The number of amides is 1. The fraction of sp³-hybridized carbons (Fsp3) is 0.440. The first-order valence-electron chi connectivity index (χ1n) is 10.1. The zero-order valence-corrected chi connectivity index (χ0v) is 18.1. The second-order valence-electron chi connectivity index (χ2n) is 9.41. The van der Waals surface area contributed by atoms with Crippen LogP contribution < -0.4 is 0 Å². The van der Waals surface area contributed by atoms with Crippen LogP contribution >= 0.6 is 0 Å². The topological polar surface area (TPSA) is 66.8 Å². The third-order valence-electron chi connectivity index (χ3n) is 5.79. The highest BCUT2D eigenvalue weighted by molar-refractivity contribution is 6.06. The molecule has 2 aliphatic rings. The summed E-state index contributed by atoms with van der Waals surface area (Å²) in [5.74, 6) is 2.54. The van der Waals surface area contributed by atoms with E-state index in [4.69, 9.17) is 11.2 Å². The van der Waals surface area contributed by atoms with E-state index < -0.39 is 22.5 Å². The molecule has 158 valence electrons. The number of ether oxygens (including phenoxy) is 1. The smallest absolute Gasteiger partial charge is 0.410 e. The number of aliphatic hydroxyl groups is 1. The number of terminal acetylenes is 1. The van der Waals surface area contributed by atoms with Crippen molar-refractivity contribution in [1.82, 2.24) is 4.90 Å². The van der Waals surface area contributed by atoms with Gasteiger partial charge in [0.2, 0.25) is 0 Å². The van der Waals surface area contributed by atoms with E-state index >= 15 is 0 Å². The molecule has 0 radical (unpaired) electrons. The van der Waals surface area contributed by atoms with Crippen LogP contribution in [0.5, 0.6) is 0 Å². The number of allylic oxidation sites excluding steroid dienone is 1. The number of hydrogen-bond acceptors (Lipinski definition) is 4. The van der Waals surface area contributed by atoms with Gasteiger partial charge in [-0.05, 0) is 38.3 Å². The van der Waals surface area contributed by atoms with E-state index in [0.29, 0.717) is 25.9 Å². The number of ketones is 1. The summed E-state index contributed by atoms with van der Waals surface area (Å²) in [7, 11) is 0. The van der Waals surface area contributed by atoms with Crippen molar-refractivity contribution in [3.05, 3.63) is 59.4 Å². The molecule has 5 heteroatoms. The number of fused-ring (bicyclic) bond motifs is 1. The second-order valence-corrected chi connectivity index (χ2v) is 9.41. The summed E-state index contributed by atoms with van der Waals surface area (Å²) in [6, 6.07) is 9.62. The first-order chi connectivity index (χ1) is 14.0. The molecule has 0 saturated heterocycles. The lowest BCUT2D eigenvalue weighted by Gasteiger charge is -2.50. The standard InChI is InChI=1S/C25H29NO4/c1-6-25(14-18-10-8-7-9-11-18)20-12-13-26(22(29)30-23(2,3)4)17-24(20,5)15-19(16-27)21(25)28/h1,7-12,16,27H,13-15,17H2,2-5H3/b19-16-/t24-,25+/m0/s1. The van der Waals surface area contributed by atoms with Crippen LogP contribution in [0.2, 0.25) is 0 Å². The number of benzene rings is 1. The quantitative estimate of drug-likeness (QED) is 0.340. The molecule has 1 amide bonds. The van der Waals surface area contributed by atoms with Crippen molar-refractivity contribution in [2.75, 3.05) is 13.1 Å². The monoisotopic (exact) mass is 407 g/mol. The van der Waals surface area contributed by atoms with Crippen LogP contribution in [-0.4, -0.2) is 40.6 Å². The Morgan fingerprint density at radius 3 is 2.57 bits per heavy atom. The molecule has 0 aromatic heterocycles. The van der Waals surface area contributed by atoms with Gasteiger partial charge >= 0.3 is 6.09 Å². The van der Waals surface area contributed by atoms with E-state index in [1.165, 1.54) is 0 Å². The zero-order chi connectivity index (χ0) is 22.2. The molecule has 1 aromatic rings. The highest BCUT2D eigenvalue weighted by atomic mass is 16.6. The molecule has 1 saturated carbocycles. The average molecular weight is 408 g/mol. The minimum absolute atomic E-state index is 0.245. The number of hydrogen-bond donors (Lipinski definition) is 1. The van der Waals surface area contributed by atoms with Gasteiger partial charge in [-0.1, -0.05) is 49.3 Å². The molecule has 2 atom stereocenters. The summed E-state index contributed by atoms with van der Waals surface area (Å²) in [5.41, 5.74) is -0.301. The molecular formula is C25H29NO4. The lowest BCUT2D eigenvalue weighted by atomic mass is 9.54. The van der Waals surface area contributed by atoms with E-state index in [0.717, 1.165) is 17.4 Å². The van der Waals surface area contributed by atoms with Gasteiger partial charge in [-0.25, -0.2) is 4.79 Å². The molecule has 1 aliphatic heterocycles. The molecule has 1 fully saturated rings. The van der Waals surface area contributed by atoms with Crippen LogP contribution in [0.15, 0.2) is 53.8 Å². The highest BCUT2D eigenvalue weighted by Crippen LogP contribution is 2.54. The Kier molecular flexibility index (Phi) is 5.56. The number of aliphatic hydroxyl groups excluding tert-OH is 1. The van der Waals surface area contributed by atoms with Gasteiger partial charge in [-0.2, -0.15) is 0 Å². The number of Topliss-reactive ketones (excluding diaryl/α,β-unsaturated/α-hetero) is 1. The third-order valence-corrected chi connectivity index (χ3v) is 5.79. The van der Waals surface area contributed by atoms with Gasteiger partial charge in [-0.3, -0.25) is 4.79 Å². The van der Waals surface area contributed by atoms with Crippen LogP contribution in [0.3, 0.4) is 0 Å². The summed E-state index contributed by atoms with van der Waals surface area (Å²) in [6.45, 7) is 8.15. The Balaban J connectivity index is 2.05. The minimum Gasteiger partial charge on any atom is -0.515 e. The van der Waals surface area contributed by atoms with Gasteiger partial charge in [0.1, 0.15) is 11.0 Å². The maximum Gasteiger partial charge on any atom is 0.410 e. The lowest BCUT2D eigenvalue weighted by molar-refractivity contribution is -0.123.